The topological polar surface area (TPSA) is 86.8 Å². The summed E-state index contributed by atoms with van der Waals surface area (Å²) in [6.45, 7) is 0. The van der Waals surface area contributed by atoms with Crippen LogP contribution >= 0.6 is 0 Å². The Morgan fingerprint density at radius 1 is 0.452 bits per heavy atom. The van der Waals surface area contributed by atoms with Gasteiger partial charge in [-0.05, 0) is 97.7 Å². The minimum absolute atomic E-state index is 0.121. The van der Waals surface area contributed by atoms with E-state index in [9.17, 15) is 20.1 Å². The molecule has 0 fully saturated rings. The Balaban J connectivity index is 0.975. The van der Waals surface area contributed by atoms with Crippen molar-refractivity contribution in [3.63, 3.8) is 0 Å². The van der Waals surface area contributed by atoms with E-state index in [2.05, 4.69) is 97.1 Å². The number of allylic oxidation sites excluding steroid dienone is 5. The summed E-state index contributed by atoms with van der Waals surface area (Å²) in [6.07, 6.45) is 5.02. The SMILES string of the molecule is O=C1C(c2ccc(N(c3ccc4ccccc4c3)c3ccc4ccccc4c3)cc2O)=C([O-])/C1=C1/C=CC(=[N+](c2ccc3ccccc3c2)c2ccc3ccccc3c2)C=C1O. The van der Waals surface area contributed by atoms with Crippen LogP contribution in [0, 0.1) is 0 Å². The summed E-state index contributed by atoms with van der Waals surface area (Å²) in [5.41, 5.74) is 4.85. The van der Waals surface area contributed by atoms with E-state index < -0.39 is 11.5 Å². The number of nitrogens with zero attached hydrogens (tertiary/aromatic N) is 2. The molecule has 0 aromatic heterocycles. The minimum atomic E-state index is -0.539. The number of anilines is 3. The fourth-order valence-corrected chi connectivity index (χ4v) is 8.78. The number of carbonyl (C=O) groups is 1. The van der Waals surface area contributed by atoms with Gasteiger partial charge < -0.3 is 20.2 Å². The van der Waals surface area contributed by atoms with Gasteiger partial charge in [-0.3, -0.25) is 4.79 Å². The number of carbonyl (C=O) groups excluding carboxylic acids is 1. The Labute approximate surface area is 357 Å². The van der Waals surface area contributed by atoms with Gasteiger partial charge in [0.25, 0.3) is 0 Å². The van der Waals surface area contributed by atoms with Crippen LogP contribution in [0.15, 0.2) is 229 Å². The number of Topliss-reactive ketones (excluding diaryl/α,β-unsaturated/α-hetero) is 1. The summed E-state index contributed by atoms with van der Waals surface area (Å²) in [7, 11) is 0. The highest BCUT2D eigenvalue weighted by Gasteiger charge is 2.35. The zero-order valence-corrected chi connectivity index (χ0v) is 33.2. The quantitative estimate of drug-likeness (QED) is 0.129. The Bertz CT molecular complexity index is 3370. The molecule has 2 aliphatic carbocycles. The van der Waals surface area contributed by atoms with Crippen molar-refractivity contribution in [1.82, 2.24) is 4.58 Å². The maximum absolute atomic E-state index is 14.0. The second-order valence-corrected chi connectivity index (χ2v) is 15.6. The van der Waals surface area contributed by atoms with Crippen molar-refractivity contribution in [3.8, 4) is 5.75 Å². The van der Waals surface area contributed by atoms with Gasteiger partial charge in [-0.1, -0.05) is 115 Å². The van der Waals surface area contributed by atoms with E-state index in [0.29, 0.717) is 11.4 Å². The van der Waals surface area contributed by atoms with Gasteiger partial charge in [-0.25, -0.2) is 0 Å². The maximum Gasteiger partial charge on any atom is 0.215 e. The fraction of sp³-hybridized carbons (Fsp3) is 0. The first kappa shape index (κ1) is 36.6. The van der Waals surface area contributed by atoms with Crippen LogP contribution in [0.5, 0.6) is 5.75 Å². The molecule has 0 aliphatic heterocycles. The third-order valence-corrected chi connectivity index (χ3v) is 11.9. The van der Waals surface area contributed by atoms with Crippen molar-refractivity contribution < 1.29 is 20.1 Å². The molecule has 0 saturated carbocycles. The maximum atomic E-state index is 14.0. The first-order valence-electron chi connectivity index (χ1n) is 20.4. The van der Waals surface area contributed by atoms with Gasteiger partial charge in [0.05, 0.1) is 6.08 Å². The number of rotatable bonds is 6. The van der Waals surface area contributed by atoms with E-state index in [4.69, 9.17) is 0 Å². The van der Waals surface area contributed by atoms with Crippen molar-refractivity contribution in [3.05, 3.63) is 235 Å². The number of phenolic OH excluding ortho intramolecular Hbond substituents is 1. The number of hydrogen-bond acceptors (Lipinski definition) is 5. The second kappa shape index (κ2) is 14.7. The number of aromatic hydroxyl groups is 1. The first-order valence-corrected chi connectivity index (χ1v) is 20.4. The summed E-state index contributed by atoms with van der Waals surface area (Å²) >= 11 is 0. The lowest BCUT2D eigenvalue weighted by atomic mass is 9.79. The van der Waals surface area contributed by atoms with Crippen LogP contribution in [0.3, 0.4) is 0 Å². The highest BCUT2D eigenvalue weighted by molar-refractivity contribution is 6.40. The van der Waals surface area contributed by atoms with E-state index in [-0.39, 0.29) is 33.8 Å². The molecule has 11 rings (SSSR count). The molecule has 0 radical (unpaired) electrons. The van der Waals surface area contributed by atoms with Crippen LogP contribution in [0.4, 0.5) is 28.4 Å². The van der Waals surface area contributed by atoms with Gasteiger partial charge in [0.15, 0.2) is 5.78 Å². The van der Waals surface area contributed by atoms with Crippen molar-refractivity contribution in [2.24, 2.45) is 0 Å². The summed E-state index contributed by atoms with van der Waals surface area (Å²) in [5.74, 6) is -1.48. The molecule has 294 valence electrons. The highest BCUT2D eigenvalue weighted by atomic mass is 16.3. The average molecular weight is 801 g/mol. The summed E-state index contributed by atoms with van der Waals surface area (Å²) in [6, 6.07) is 62.4. The molecule has 0 heterocycles. The van der Waals surface area contributed by atoms with Crippen molar-refractivity contribution in [2.45, 2.75) is 0 Å². The van der Waals surface area contributed by atoms with Crippen LogP contribution in [-0.2, 0) is 4.79 Å². The molecule has 9 aromatic rings. The molecule has 0 bridgehead atoms. The smallest absolute Gasteiger partial charge is 0.215 e. The van der Waals surface area contributed by atoms with Gasteiger partial charge in [-0.15, -0.1) is 0 Å². The molecule has 0 saturated heterocycles. The molecule has 6 nitrogen and oxygen atoms in total. The zero-order chi connectivity index (χ0) is 41.9. The summed E-state index contributed by atoms with van der Waals surface area (Å²) in [5, 5.41) is 45.8. The molecule has 2 aliphatic rings. The minimum Gasteiger partial charge on any atom is -0.871 e. The Morgan fingerprint density at radius 3 is 1.35 bits per heavy atom. The highest BCUT2D eigenvalue weighted by Crippen LogP contribution is 2.45. The summed E-state index contributed by atoms with van der Waals surface area (Å²) in [4.78, 5) is 16.0. The number of aliphatic hydroxyl groups is 1. The molecule has 2 N–H and O–H groups in total. The van der Waals surface area contributed by atoms with Crippen LogP contribution in [0.1, 0.15) is 5.56 Å². The lowest BCUT2D eigenvalue weighted by Gasteiger charge is -2.33. The Kier molecular flexibility index (Phi) is 8.65. The van der Waals surface area contributed by atoms with Gasteiger partial charge in [-0.2, -0.15) is 4.58 Å². The van der Waals surface area contributed by atoms with Gasteiger partial charge in [0, 0.05) is 75.8 Å². The first-order chi connectivity index (χ1) is 30.4. The van der Waals surface area contributed by atoms with Crippen molar-refractivity contribution >= 4 is 88.6 Å². The van der Waals surface area contributed by atoms with Crippen LogP contribution in [0.2, 0.25) is 0 Å². The van der Waals surface area contributed by atoms with Crippen molar-refractivity contribution in [2.75, 3.05) is 4.90 Å². The number of phenols is 1. The monoisotopic (exact) mass is 800 g/mol. The van der Waals surface area contributed by atoms with Crippen LogP contribution in [0.25, 0.3) is 48.7 Å². The van der Waals surface area contributed by atoms with E-state index in [1.165, 1.54) is 0 Å². The van der Waals surface area contributed by atoms with Crippen LogP contribution in [-0.4, -0.2) is 21.7 Å². The molecule has 62 heavy (non-hydrogen) atoms. The number of ketones is 1. The lowest BCUT2D eigenvalue weighted by Crippen LogP contribution is -2.31. The third kappa shape index (κ3) is 6.21. The predicted octanol–water partition coefficient (Wildman–Crippen LogP) is 12.4. The van der Waals surface area contributed by atoms with Gasteiger partial charge in [0.2, 0.25) is 17.1 Å². The fourth-order valence-electron chi connectivity index (χ4n) is 8.78. The third-order valence-electron chi connectivity index (χ3n) is 11.9. The Morgan fingerprint density at radius 2 is 0.887 bits per heavy atom. The van der Waals surface area contributed by atoms with E-state index in [1.807, 2.05) is 94.4 Å². The molecule has 0 atom stereocenters. The van der Waals surface area contributed by atoms with E-state index in [1.54, 1.807) is 24.3 Å². The molecule has 0 unspecified atom stereocenters. The molecule has 0 spiro atoms. The molecule has 0 amide bonds. The zero-order valence-electron chi connectivity index (χ0n) is 33.2. The standard InChI is InChI=1S/C56H36N2O4/c59-51-33-47(57(43-21-17-35-9-1-5-13-39(35)29-43)44-22-18-36-10-2-6-14-40(36)30-44)25-27-49(51)53-55(61)54(56(53)62)50-28-26-48(34-52(50)60)58(45-23-19-37-11-3-7-15-41(37)31-45)46-24-20-38-12-4-8-16-42(38)32-46/h1-34H,(H2,59,60,61,62). The Hall–Kier alpha value is -8.48. The number of aliphatic hydroxyl groups excluding tert-OH is 1. The molecule has 9 aromatic carbocycles. The molecular weight excluding hydrogens is 765 g/mol. The summed E-state index contributed by atoms with van der Waals surface area (Å²) < 4.78 is 2.05. The normalized spacial score (nSPS) is 15.1. The van der Waals surface area contributed by atoms with Gasteiger partial charge in [0.1, 0.15) is 11.5 Å². The van der Waals surface area contributed by atoms with Gasteiger partial charge >= 0.3 is 0 Å². The van der Waals surface area contributed by atoms with E-state index >= 15 is 0 Å². The molecular formula is C56H36N2O4. The second-order valence-electron chi connectivity index (χ2n) is 15.6. The number of benzene rings is 9. The number of hydrogen-bond donors (Lipinski definition) is 2. The predicted molar refractivity (Wildman–Crippen MR) is 251 cm³/mol. The largest absolute Gasteiger partial charge is 0.871 e. The molecule has 6 heteroatoms. The van der Waals surface area contributed by atoms with Crippen LogP contribution < -0.4 is 14.6 Å². The lowest BCUT2D eigenvalue weighted by molar-refractivity contribution is -0.297. The van der Waals surface area contributed by atoms with Crippen molar-refractivity contribution in [1.29, 1.82) is 0 Å². The number of fused-ring (bicyclic) bond motifs is 4. The average Bonchev–Trinajstić information content (AvgIpc) is 3.30. The van der Waals surface area contributed by atoms with E-state index in [0.717, 1.165) is 65.8 Å².